The Morgan fingerprint density at radius 2 is 1.93 bits per heavy atom. The molecule has 2 heterocycles. The number of aromatic nitrogens is 2. The molecular weight excluding hydrogens is 411 g/mol. The highest BCUT2D eigenvalue weighted by Crippen LogP contribution is 2.32. The van der Waals surface area contributed by atoms with E-state index in [0.717, 1.165) is 17.5 Å². The summed E-state index contributed by atoms with van der Waals surface area (Å²) in [6.45, 7) is 0. The molecule has 30 heavy (non-hydrogen) atoms. The lowest BCUT2D eigenvalue weighted by molar-refractivity contribution is -0.387. The summed E-state index contributed by atoms with van der Waals surface area (Å²) in [4.78, 5) is 31.3. The second kappa shape index (κ2) is 8.29. The fraction of sp³-hybridized carbons (Fsp3) is 0.0500. The van der Waals surface area contributed by atoms with Crippen molar-refractivity contribution in [2.75, 3.05) is 5.32 Å². The SMILES string of the molecule is O=C(Nc1ccc(F)c([N+](=O)[O-])c1)c1oc2ccccc2c1CSc1ncccn1. The molecule has 0 bridgehead atoms. The van der Waals surface area contributed by atoms with Crippen LogP contribution < -0.4 is 5.32 Å². The second-order valence-electron chi connectivity index (χ2n) is 6.10. The highest BCUT2D eigenvalue weighted by Gasteiger charge is 2.22. The van der Waals surface area contributed by atoms with Gasteiger partial charge in [0.05, 0.1) is 4.92 Å². The number of hydrogen-bond donors (Lipinski definition) is 1. The summed E-state index contributed by atoms with van der Waals surface area (Å²) in [6, 6.07) is 12.0. The number of carbonyl (C=O) groups is 1. The number of para-hydroxylation sites is 1. The maximum atomic E-state index is 13.6. The first-order chi connectivity index (χ1) is 14.5. The summed E-state index contributed by atoms with van der Waals surface area (Å²) in [5.41, 5.74) is 0.516. The van der Waals surface area contributed by atoms with Gasteiger partial charge in [-0.15, -0.1) is 0 Å². The number of rotatable bonds is 6. The maximum absolute atomic E-state index is 13.6. The Bertz CT molecular complexity index is 1250. The molecule has 10 heteroatoms. The Kier molecular flexibility index (Phi) is 5.40. The predicted octanol–water partition coefficient (Wildman–Crippen LogP) is 4.81. The number of fused-ring (bicyclic) bond motifs is 1. The van der Waals surface area contributed by atoms with Gasteiger partial charge in [0.2, 0.25) is 5.82 Å². The Morgan fingerprint density at radius 1 is 1.17 bits per heavy atom. The fourth-order valence-corrected chi connectivity index (χ4v) is 3.67. The Morgan fingerprint density at radius 3 is 2.70 bits per heavy atom. The summed E-state index contributed by atoms with van der Waals surface area (Å²) in [7, 11) is 0. The molecule has 0 saturated carbocycles. The van der Waals surface area contributed by atoms with Crippen molar-refractivity contribution in [1.82, 2.24) is 9.97 Å². The van der Waals surface area contributed by atoms with Gasteiger partial charge in [0.15, 0.2) is 10.9 Å². The number of benzene rings is 2. The average molecular weight is 424 g/mol. The molecule has 2 aromatic carbocycles. The van der Waals surface area contributed by atoms with Crippen LogP contribution in [0.5, 0.6) is 0 Å². The molecule has 0 aliphatic carbocycles. The van der Waals surface area contributed by atoms with Crippen LogP contribution in [0.4, 0.5) is 15.8 Å². The van der Waals surface area contributed by atoms with Gasteiger partial charge in [-0.2, -0.15) is 4.39 Å². The monoisotopic (exact) mass is 424 g/mol. The van der Waals surface area contributed by atoms with Gasteiger partial charge in [-0.3, -0.25) is 14.9 Å². The van der Waals surface area contributed by atoms with E-state index in [1.807, 2.05) is 12.1 Å². The first kappa shape index (κ1) is 19.5. The fourth-order valence-electron chi connectivity index (χ4n) is 2.84. The molecule has 0 atom stereocenters. The highest BCUT2D eigenvalue weighted by molar-refractivity contribution is 7.98. The van der Waals surface area contributed by atoms with Crippen LogP contribution in [-0.4, -0.2) is 20.8 Å². The zero-order chi connectivity index (χ0) is 21.1. The van der Waals surface area contributed by atoms with E-state index in [2.05, 4.69) is 15.3 Å². The average Bonchev–Trinajstić information content (AvgIpc) is 3.13. The van der Waals surface area contributed by atoms with E-state index in [1.54, 1.807) is 30.6 Å². The van der Waals surface area contributed by atoms with E-state index in [1.165, 1.54) is 17.8 Å². The van der Waals surface area contributed by atoms with Crippen LogP contribution in [0.1, 0.15) is 16.1 Å². The summed E-state index contributed by atoms with van der Waals surface area (Å²) in [5.74, 6) is -1.15. The van der Waals surface area contributed by atoms with Crippen molar-refractivity contribution in [3.63, 3.8) is 0 Å². The lowest BCUT2D eigenvalue weighted by atomic mass is 10.1. The van der Waals surface area contributed by atoms with Gasteiger partial charge in [0, 0.05) is 40.8 Å². The molecule has 4 rings (SSSR count). The van der Waals surface area contributed by atoms with Gasteiger partial charge in [-0.1, -0.05) is 30.0 Å². The third-order valence-corrected chi connectivity index (χ3v) is 5.09. The normalized spacial score (nSPS) is 10.8. The number of hydrogen-bond acceptors (Lipinski definition) is 7. The van der Waals surface area contributed by atoms with E-state index in [-0.39, 0.29) is 11.4 Å². The van der Waals surface area contributed by atoms with Crippen LogP contribution in [0.2, 0.25) is 0 Å². The molecule has 0 aliphatic heterocycles. The molecule has 1 N–H and O–H groups in total. The van der Waals surface area contributed by atoms with Crippen molar-refractivity contribution >= 4 is 40.0 Å². The number of anilines is 1. The van der Waals surface area contributed by atoms with Gasteiger partial charge in [-0.25, -0.2) is 9.97 Å². The standard InChI is InChI=1S/C20H13FN4O4S/c21-15-7-6-12(10-16(15)25(27)28)24-19(26)18-14(11-30-20-22-8-3-9-23-20)13-4-1-2-5-17(13)29-18/h1-10H,11H2,(H,24,26). The van der Waals surface area contributed by atoms with E-state index in [9.17, 15) is 19.3 Å². The summed E-state index contributed by atoms with van der Waals surface area (Å²) in [5, 5.41) is 14.8. The number of nitrogens with one attached hydrogen (secondary N) is 1. The van der Waals surface area contributed by atoms with E-state index < -0.39 is 22.3 Å². The zero-order valence-electron chi connectivity index (χ0n) is 15.2. The van der Waals surface area contributed by atoms with Crippen LogP contribution in [0, 0.1) is 15.9 Å². The number of nitro benzene ring substituents is 1. The maximum Gasteiger partial charge on any atom is 0.306 e. The largest absolute Gasteiger partial charge is 0.451 e. The third-order valence-electron chi connectivity index (χ3n) is 4.19. The van der Waals surface area contributed by atoms with Gasteiger partial charge < -0.3 is 9.73 Å². The molecule has 0 spiro atoms. The number of carbonyl (C=O) groups excluding carboxylic acids is 1. The highest BCUT2D eigenvalue weighted by atomic mass is 32.2. The molecule has 150 valence electrons. The number of nitro groups is 1. The third kappa shape index (κ3) is 3.98. The number of nitrogens with zero attached hydrogens (tertiary/aromatic N) is 3. The summed E-state index contributed by atoms with van der Waals surface area (Å²) < 4.78 is 19.3. The minimum atomic E-state index is -0.985. The molecule has 0 radical (unpaired) electrons. The van der Waals surface area contributed by atoms with Crippen LogP contribution in [0.3, 0.4) is 0 Å². The number of thioether (sulfide) groups is 1. The van der Waals surface area contributed by atoms with Gasteiger partial charge >= 0.3 is 5.69 Å². The molecule has 8 nitrogen and oxygen atoms in total. The first-order valence-electron chi connectivity index (χ1n) is 8.68. The second-order valence-corrected chi connectivity index (χ2v) is 7.05. The molecule has 0 saturated heterocycles. The Balaban J connectivity index is 1.65. The molecule has 2 aromatic heterocycles. The Labute approximate surface area is 173 Å². The lowest BCUT2D eigenvalue weighted by Crippen LogP contribution is -2.13. The van der Waals surface area contributed by atoms with Gasteiger partial charge in [-0.05, 0) is 24.3 Å². The van der Waals surface area contributed by atoms with E-state index in [0.29, 0.717) is 22.1 Å². The van der Waals surface area contributed by atoms with Crippen LogP contribution >= 0.6 is 11.8 Å². The number of furan rings is 1. The Hall–Kier alpha value is -3.79. The zero-order valence-corrected chi connectivity index (χ0v) is 16.1. The minimum absolute atomic E-state index is 0.0617. The molecule has 0 unspecified atom stereocenters. The molecule has 0 aliphatic rings. The van der Waals surface area contributed by atoms with E-state index in [4.69, 9.17) is 4.42 Å². The van der Waals surface area contributed by atoms with Gasteiger partial charge in [0.1, 0.15) is 5.58 Å². The van der Waals surface area contributed by atoms with Gasteiger partial charge in [0.25, 0.3) is 5.91 Å². The lowest BCUT2D eigenvalue weighted by Gasteiger charge is -2.06. The molecule has 0 fully saturated rings. The van der Waals surface area contributed by atoms with Crippen LogP contribution in [0.15, 0.2) is 70.5 Å². The molecule has 1 amide bonds. The summed E-state index contributed by atoms with van der Waals surface area (Å²) in [6.07, 6.45) is 3.25. The van der Waals surface area contributed by atoms with Crippen LogP contribution in [0.25, 0.3) is 11.0 Å². The number of amides is 1. The quantitative estimate of drug-likeness (QED) is 0.204. The smallest absolute Gasteiger partial charge is 0.306 e. The predicted molar refractivity (Wildman–Crippen MR) is 109 cm³/mol. The number of halogens is 1. The van der Waals surface area contributed by atoms with Crippen molar-refractivity contribution in [3.05, 3.63) is 88.2 Å². The minimum Gasteiger partial charge on any atom is -0.451 e. The first-order valence-corrected chi connectivity index (χ1v) is 9.67. The topological polar surface area (TPSA) is 111 Å². The van der Waals surface area contributed by atoms with Crippen molar-refractivity contribution in [2.24, 2.45) is 0 Å². The van der Waals surface area contributed by atoms with Crippen LogP contribution in [-0.2, 0) is 5.75 Å². The summed E-state index contributed by atoms with van der Waals surface area (Å²) >= 11 is 1.34. The van der Waals surface area contributed by atoms with Crippen molar-refractivity contribution < 1.29 is 18.5 Å². The van der Waals surface area contributed by atoms with Crippen molar-refractivity contribution in [2.45, 2.75) is 10.9 Å². The van der Waals surface area contributed by atoms with Crippen molar-refractivity contribution in [3.8, 4) is 0 Å². The van der Waals surface area contributed by atoms with Crippen molar-refractivity contribution in [1.29, 1.82) is 0 Å². The molecule has 4 aromatic rings. The molecular formula is C20H13FN4O4S. The van der Waals surface area contributed by atoms with E-state index >= 15 is 0 Å².